The highest BCUT2D eigenvalue weighted by molar-refractivity contribution is 7.89. The summed E-state index contributed by atoms with van der Waals surface area (Å²) in [6.07, 6.45) is 0. The maximum absolute atomic E-state index is 12.9. The molecule has 10 heteroatoms. The van der Waals surface area contributed by atoms with Crippen LogP contribution in [0, 0.1) is 12.7 Å². The van der Waals surface area contributed by atoms with Crippen molar-refractivity contribution in [2.75, 3.05) is 18.9 Å². The lowest BCUT2D eigenvalue weighted by Crippen LogP contribution is -2.35. The number of aromatic nitrogens is 2. The van der Waals surface area contributed by atoms with Crippen molar-refractivity contribution >= 4 is 21.6 Å². The fraction of sp³-hybridized carbons (Fsp3) is 0.167. The minimum absolute atomic E-state index is 0.00969. The van der Waals surface area contributed by atoms with Crippen LogP contribution in [0.25, 0.3) is 11.4 Å². The highest BCUT2D eigenvalue weighted by Gasteiger charge is 2.24. The Bertz CT molecular complexity index is 1100. The predicted octanol–water partition coefficient (Wildman–Crippen LogP) is 2.44. The lowest BCUT2D eigenvalue weighted by atomic mass is 10.2. The van der Waals surface area contributed by atoms with Gasteiger partial charge in [0.1, 0.15) is 5.82 Å². The van der Waals surface area contributed by atoms with E-state index < -0.39 is 28.3 Å². The molecule has 0 radical (unpaired) electrons. The molecular formula is C18H17FN4O4S. The van der Waals surface area contributed by atoms with Gasteiger partial charge in [-0.25, -0.2) is 12.8 Å². The zero-order valence-electron chi connectivity index (χ0n) is 15.1. The van der Waals surface area contributed by atoms with Crippen LogP contribution in [-0.2, 0) is 14.8 Å². The number of hydrogen-bond acceptors (Lipinski definition) is 6. The first-order valence-electron chi connectivity index (χ1n) is 8.18. The summed E-state index contributed by atoms with van der Waals surface area (Å²) >= 11 is 0. The van der Waals surface area contributed by atoms with E-state index in [2.05, 4.69) is 15.5 Å². The summed E-state index contributed by atoms with van der Waals surface area (Å²) in [5.41, 5.74) is 0.841. The number of benzene rings is 2. The van der Waals surface area contributed by atoms with Crippen LogP contribution < -0.4 is 5.32 Å². The molecule has 0 fully saturated rings. The number of nitrogens with zero attached hydrogens (tertiary/aromatic N) is 3. The van der Waals surface area contributed by atoms with E-state index in [-0.39, 0.29) is 10.7 Å². The number of likely N-dealkylation sites (N-methyl/N-ethyl adjacent to an activating group) is 1. The zero-order chi connectivity index (χ0) is 20.3. The van der Waals surface area contributed by atoms with Crippen LogP contribution in [0.3, 0.4) is 0 Å². The van der Waals surface area contributed by atoms with Crippen LogP contribution in [0.4, 0.5) is 10.1 Å². The van der Waals surface area contributed by atoms with E-state index in [4.69, 9.17) is 4.52 Å². The SMILES string of the molecule is Cc1nc(-c2cccc(S(=O)(=O)N(C)CC(=O)Nc3ccc(F)cc3)c2)no1. The van der Waals surface area contributed by atoms with Crippen molar-refractivity contribution in [3.63, 3.8) is 0 Å². The normalized spacial score (nSPS) is 11.6. The molecule has 0 aliphatic heterocycles. The van der Waals surface area contributed by atoms with E-state index in [0.29, 0.717) is 17.1 Å². The van der Waals surface area contributed by atoms with E-state index >= 15 is 0 Å². The standard InChI is InChI=1S/C18H17FN4O4S/c1-12-20-18(22-27-12)13-4-3-5-16(10-13)28(25,26)23(2)11-17(24)21-15-8-6-14(19)7-9-15/h3-10H,11H2,1-2H3,(H,21,24). The Morgan fingerprint density at radius 1 is 1.21 bits per heavy atom. The van der Waals surface area contributed by atoms with Gasteiger partial charge in [-0.05, 0) is 36.4 Å². The second kappa shape index (κ2) is 7.87. The molecule has 0 spiro atoms. The Hall–Kier alpha value is -3.11. The van der Waals surface area contributed by atoms with Crippen molar-refractivity contribution < 1.29 is 22.1 Å². The molecule has 0 atom stereocenters. The van der Waals surface area contributed by atoms with Gasteiger partial charge in [-0.2, -0.15) is 9.29 Å². The summed E-state index contributed by atoms with van der Waals surface area (Å²) < 4.78 is 44.3. The van der Waals surface area contributed by atoms with Crippen LogP contribution in [0.1, 0.15) is 5.89 Å². The minimum atomic E-state index is -3.93. The zero-order valence-corrected chi connectivity index (χ0v) is 15.9. The average Bonchev–Trinajstić information content (AvgIpc) is 3.10. The van der Waals surface area contributed by atoms with Gasteiger partial charge >= 0.3 is 0 Å². The number of aryl methyl sites for hydroxylation is 1. The first kappa shape index (κ1) is 19.6. The Labute approximate surface area is 161 Å². The Morgan fingerprint density at radius 2 is 1.93 bits per heavy atom. The third-order valence-electron chi connectivity index (χ3n) is 3.82. The van der Waals surface area contributed by atoms with E-state index in [9.17, 15) is 17.6 Å². The smallest absolute Gasteiger partial charge is 0.243 e. The maximum Gasteiger partial charge on any atom is 0.243 e. The monoisotopic (exact) mass is 404 g/mol. The van der Waals surface area contributed by atoms with E-state index in [1.54, 1.807) is 19.1 Å². The van der Waals surface area contributed by atoms with Gasteiger partial charge in [-0.1, -0.05) is 17.3 Å². The van der Waals surface area contributed by atoms with Crippen LogP contribution >= 0.6 is 0 Å². The summed E-state index contributed by atoms with van der Waals surface area (Å²) in [5.74, 6) is -0.360. The molecule has 0 saturated heterocycles. The van der Waals surface area contributed by atoms with Crippen LogP contribution in [0.2, 0.25) is 0 Å². The number of anilines is 1. The lowest BCUT2D eigenvalue weighted by molar-refractivity contribution is -0.116. The summed E-state index contributed by atoms with van der Waals surface area (Å²) in [5, 5.41) is 6.29. The fourth-order valence-corrected chi connectivity index (χ4v) is 3.59. The second-order valence-electron chi connectivity index (χ2n) is 5.98. The van der Waals surface area contributed by atoms with Gasteiger partial charge in [-0.15, -0.1) is 0 Å². The van der Waals surface area contributed by atoms with Crippen molar-refractivity contribution in [2.24, 2.45) is 0 Å². The number of sulfonamides is 1. The van der Waals surface area contributed by atoms with Crippen LogP contribution in [0.5, 0.6) is 0 Å². The van der Waals surface area contributed by atoms with Crippen LogP contribution in [-0.4, -0.2) is 42.4 Å². The van der Waals surface area contributed by atoms with E-state index in [0.717, 1.165) is 4.31 Å². The van der Waals surface area contributed by atoms with Crippen molar-refractivity contribution in [3.05, 3.63) is 60.2 Å². The Kier molecular flexibility index (Phi) is 5.52. The highest BCUT2D eigenvalue weighted by Crippen LogP contribution is 2.22. The molecule has 3 rings (SSSR count). The molecule has 0 aliphatic rings. The molecule has 0 aliphatic carbocycles. The molecule has 0 bridgehead atoms. The first-order chi connectivity index (χ1) is 13.3. The molecule has 0 unspecified atom stereocenters. The van der Waals surface area contributed by atoms with Crippen molar-refractivity contribution in [1.82, 2.24) is 14.4 Å². The first-order valence-corrected chi connectivity index (χ1v) is 9.62. The number of hydrogen-bond donors (Lipinski definition) is 1. The van der Waals surface area contributed by atoms with Gasteiger partial charge in [0.05, 0.1) is 11.4 Å². The average molecular weight is 404 g/mol. The Balaban J connectivity index is 1.74. The number of rotatable bonds is 6. The third-order valence-corrected chi connectivity index (χ3v) is 5.62. The van der Waals surface area contributed by atoms with Gasteiger partial charge < -0.3 is 9.84 Å². The predicted molar refractivity (Wildman–Crippen MR) is 99.3 cm³/mol. The molecule has 3 aromatic rings. The van der Waals surface area contributed by atoms with Crippen LogP contribution in [0.15, 0.2) is 57.9 Å². The number of amides is 1. The molecule has 146 valence electrons. The summed E-state index contributed by atoms with van der Waals surface area (Å²) in [7, 11) is -2.63. The van der Waals surface area contributed by atoms with Gasteiger partial charge in [0.25, 0.3) is 0 Å². The third kappa shape index (κ3) is 4.41. The molecule has 1 heterocycles. The topological polar surface area (TPSA) is 105 Å². The molecule has 0 saturated carbocycles. The molecule has 8 nitrogen and oxygen atoms in total. The number of carbonyl (C=O) groups is 1. The maximum atomic E-state index is 12.9. The van der Waals surface area contributed by atoms with Gasteiger partial charge in [0.2, 0.25) is 27.6 Å². The molecule has 1 aromatic heterocycles. The quantitative estimate of drug-likeness (QED) is 0.677. The van der Waals surface area contributed by atoms with Gasteiger partial charge in [0, 0.05) is 25.2 Å². The number of halogens is 1. The highest BCUT2D eigenvalue weighted by atomic mass is 32.2. The van der Waals surface area contributed by atoms with E-state index in [1.165, 1.54) is 43.4 Å². The van der Waals surface area contributed by atoms with Gasteiger partial charge in [-0.3, -0.25) is 4.79 Å². The largest absolute Gasteiger partial charge is 0.339 e. The molecule has 1 N–H and O–H groups in total. The van der Waals surface area contributed by atoms with Crippen molar-refractivity contribution in [2.45, 2.75) is 11.8 Å². The molecule has 1 amide bonds. The summed E-state index contributed by atoms with van der Waals surface area (Å²) in [6, 6.07) is 11.2. The fourth-order valence-electron chi connectivity index (χ4n) is 2.41. The molecular weight excluding hydrogens is 387 g/mol. The number of carbonyl (C=O) groups excluding carboxylic acids is 1. The minimum Gasteiger partial charge on any atom is -0.339 e. The van der Waals surface area contributed by atoms with Crippen molar-refractivity contribution in [1.29, 1.82) is 0 Å². The van der Waals surface area contributed by atoms with Gasteiger partial charge in [0.15, 0.2) is 0 Å². The van der Waals surface area contributed by atoms with E-state index in [1.807, 2.05) is 0 Å². The number of nitrogens with one attached hydrogen (secondary N) is 1. The summed E-state index contributed by atoms with van der Waals surface area (Å²) in [4.78, 5) is 16.2. The lowest BCUT2D eigenvalue weighted by Gasteiger charge is -2.17. The molecule has 2 aromatic carbocycles. The Morgan fingerprint density at radius 3 is 2.57 bits per heavy atom. The summed E-state index contributed by atoms with van der Waals surface area (Å²) in [6.45, 7) is 1.22. The molecule has 28 heavy (non-hydrogen) atoms. The second-order valence-corrected chi connectivity index (χ2v) is 8.03. The van der Waals surface area contributed by atoms with Crippen molar-refractivity contribution in [3.8, 4) is 11.4 Å².